The number of hydrogen-bond acceptors (Lipinski definition) is 3. The van der Waals surface area contributed by atoms with E-state index in [0.29, 0.717) is 12.1 Å². The number of rotatable bonds is 8. The molecule has 6 heteroatoms. The highest BCUT2D eigenvalue weighted by Crippen LogP contribution is 2.00. The minimum atomic E-state index is -0.883. The van der Waals surface area contributed by atoms with Crippen LogP contribution < -0.4 is 10.6 Å². The van der Waals surface area contributed by atoms with E-state index in [0.717, 1.165) is 0 Å². The number of carboxylic acid groups (broad SMARTS) is 1. The van der Waals surface area contributed by atoms with Gasteiger partial charge in [0.2, 0.25) is 5.91 Å². The standard InChI is InChI=1S/C15H20N2O4/c1-11(9-14(19)20)10-17-13(18)7-8-16-15(21)12-5-3-2-4-6-12/h2-6,11H,7-10H2,1H3,(H,16,21)(H,17,18)(H,19,20). The molecule has 0 heterocycles. The fourth-order valence-corrected chi connectivity index (χ4v) is 1.73. The molecule has 0 spiro atoms. The molecule has 0 aliphatic heterocycles. The molecular formula is C15H20N2O4. The quantitative estimate of drug-likeness (QED) is 0.667. The smallest absolute Gasteiger partial charge is 0.303 e. The number of carboxylic acids is 1. The fraction of sp³-hybridized carbons (Fsp3) is 0.400. The lowest BCUT2D eigenvalue weighted by Crippen LogP contribution is -2.33. The van der Waals surface area contributed by atoms with Crippen LogP contribution in [-0.2, 0) is 9.59 Å². The van der Waals surface area contributed by atoms with Crippen LogP contribution in [0.4, 0.5) is 0 Å². The SMILES string of the molecule is CC(CNC(=O)CCNC(=O)c1ccccc1)CC(=O)O. The average Bonchev–Trinajstić information content (AvgIpc) is 2.45. The number of hydrogen-bond donors (Lipinski definition) is 3. The largest absolute Gasteiger partial charge is 0.481 e. The molecule has 0 fully saturated rings. The maximum Gasteiger partial charge on any atom is 0.303 e. The molecule has 114 valence electrons. The topological polar surface area (TPSA) is 95.5 Å². The molecule has 0 radical (unpaired) electrons. The van der Waals surface area contributed by atoms with Crippen LogP contribution >= 0.6 is 0 Å². The monoisotopic (exact) mass is 292 g/mol. The summed E-state index contributed by atoms with van der Waals surface area (Å²) < 4.78 is 0. The summed E-state index contributed by atoms with van der Waals surface area (Å²) in [6.45, 7) is 2.32. The van der Waals surface area contributed by atoms with Crippen LogP contribution in [0.25, 0.3) is 0 Å². The third kappa shape index (κ3) is 7.10. The third-order valence-electron chi connectivity index (χ3n) is 2.84. The number of carbonyl (C=O) groups is 3. The number of carbonyl (C=O) groups excluding carboxylic acids is 2. The molecule has 0 aliphatic carbocycles. The highest BCUT2D eigenvalue weighted by molar-refractivity contribution is 5.94. The molecule has 6 nitrogen and oxygen atoms in total. The van der Waals surface area contributed by atoms with Gasteiger partial charge in [0.15, 0.2) is 0 Å². The van der Waals surface area contributed by atoms with Crippen LogP contribution in [0.3, 0.4) is 0 Å². The van der Waals surface area contributed by atoms with Gasteiger partial charge in [0, 0.05) is 31.5 Å². The van der Waals surface area contributed by atoms with Crippen LogP contribution in [0, 0.1) is 5.92 Å². The summed E-state index contributed by atoms with van der Waals surface area (Å²) >= 11 is 0. The van der Waals surface area contributed by atoms with Crippen molar-refractivity contribution >= 4 is 17.8 Å². The summed E-state index contributed by atoms with van der Waals surface area (Å²) in [6, 6.07) is 8.76. The molecule has 1 unspecified atom stereocenters. The maximum atomic E-state index is 11.7. The van der Waals surface area contributed by atoms with E-state index in [-0.39, 0.29) is 37.1 Å². The molecule has 1 atom stereocenters. The molecule has 0 saturated carbocycles. The molecular weight excluding hydrogens is 272 g/mol. The Bertz CT molecular complexity index is 488. The highest BCUT2D eigenvalue weighted by atomic mass is 16.4. The van der Waals surface area contributed by atoms with Crippen molar-refractivity contribution in [1.29, 1.82) is 0 Å². The Kier molecular flexibility index (Phi) is 6.94. The number of aliphatic carboxylic acids is 1. The molecule has 2 amide bonds. The van der Waals surface area contributed by atoms with Crippen molar-refractivity contribution < 1.29 is 19.5 Å². The van der Waals surface area contributed by atoms with Crippen molar-refractivity contribution in [1.82, 2.24) is 10.6 Å². The molecule has 3 N–H and O–H groups in total. The summed E-state index contributed by atoms with van der Waals surface area (Å²) in [5.41, 5.74) is 0.549. The van der Waals surface area contributed by atoms with Gasteiger partial charge in [-0.15, -0.1) is 0 Å². The lowest BCUT2D eigenvalue weighted by atomic mass is 10.1. The van der Waals surface area contributed by atoms with Crippen LogP contribution in [0.2, 0.25) is 0 Å². The van der Waals surface area contributed by atoms with Crippen molar-refractivity contribution in [2.24, 2.45) is 5.92 Å². The van der Waals surface area contributed by atoms with E-state index in [4.69, 9.17) is 5.11 Å². The lowest BCUT2D eigenvalue weighted by molar-refractivity contribution is -0.138. The Morgan fingerprint density at radius 1 is 1.14 bits per heavy atom. The van der Waals surface area contributed by atoms with E-state index in [1.54, 1.807) is 31.2 Å². The lowest BCUT2D eigenvalue weighted by Gasteiger charge is -2.10. The van der Waals surface area contributed by atoms with E-state index in [1.165, 1.54) is 0 Å². The van der Waals surface area contributed by atoms with Gasteiger partial charge in [-0.1, -0.05) is 25.1 Å². The van der Waals surface area contributed by atoms with Gasteiger partial charge >= 0.3 is 5.97 Å². The Labute approximate surface area is 123 Å². The summed E-state index contributed by atoms with van der Waals surface area (Å²) in [5, 5.41) is 13.9. The van der Waals surface area contributed by atoms with Gasteiger partial charge in [0.25, 0.3) is 5.91 Å². The van der Waals surface area contributed by atoms with Crippen molar-refractivity contribution in [3.05, 3.63) is 35.9 Å². The summed E-state index contributed by atoms with van der Waals surface area (Å²) in [4.78, 5) is 33.7. The van der Waals surface area contributed by atoms with E-state index in [9.17, 15) is 14.4 Å². The minimum absolute atomic E-state index is 0.0189. The van der Waals surface area contributed by atoms with Gasteiger partial charge in [0.1, 0.15) is 0 Å². The second-order valence-electron chi connectivity index (χ2n) is 4.88. The van der Waals surface area contributed by atoms with Crippen LogP contribution in [0.1, 0.15) is 30.1 Å². The van der Waals surface area contributed by atoms with Crippen LogP contribution in [-0.4, -0.2) is 36.0 Å². The Hall–Kier alpha value is -2.37. The minimum Gasteiger partial charge on any atom is -0.481 e. The van der Waals surface area contributed by atoms with Gasteiger partial charge in [0.05, 0.1) is 0 Å². The summed E-state index contributed by atoms with van der Waals surface area (Å²) in [5.74, 6) is -1.43. The number of nitrogens with one attached hydrogen (secondary N) is 2. The fourth-order valence-electron chi connectivity index (χ4n) is 1.73. The van der Waals surface area contributed by atoms with Gasteiger partial charge in [-0.25, -0.2) is 0 Å². The molecule has 1 aromatic carbocycles. The Morgan fingerprint density at radius 3 is 2.43 bits per heavy atom. The first-order chi connectivity index (χ1) is 9.99. The zero-order chi connectivity index (χ0) is 15.7. The van der Waals surface area contributed by atoms with Gasteiger partial charge < -0.3 is 15.7 Å². The molecule has 0 saturated heterocycles. The van der Waals surface area contributed by atoms with E-state index in [1.807, 2.05) is 6.07 Å². The van der Waals surface area contributed by atoms with Gasteiger partial charge in [-0.3, -0.25) is 14.4 Å². The maximum absolute atomic E-state index is 11.7. The summed E-state index contributed by atoms with van der Waals surface area (Å²) in [6.07, 6.45) is 0.184. The molecule has 0 bridgehead atoms. The molecule has 0 aliphatic rings. The van der Waals surface area contributed by atoms with E-state index < -0.39 is 5.97 Å². The zero-order valence-electron chi connectivity index (χ0n) is 12.0. The normalized spacial score (nSPS) is 11.5. The van der Waals surface area contributed by atoms with Crippen molar-refractivity contribution in [3.8, 4) is 0 Å². The zero-order valence-corrected chi connectivity index (χ0v) is 12.0. The summed E-state index contributed by atoms with van der Waals surface area (Å²) in [7, 11) is 0. The average molecular weight is 292 g/mol. The second kappa shape index (κ2) is 8.73. The predicted octanol–water partition coefficient (Wildman–Crippen LogP) is 1.03. The first-order valence-corrected chi connectivity index (χ1v) is 6.80. The first kappa shape index (κ1) is 16.7. The number of benzene rings is 1. The highest BCUT2D eigenvalue weighted by Gasteiger charge is 2.10. The Balaban J connectivity index is 2.19. The van der Waals surface area contributed by atoms with Gasteiger partial charge in [-0.05, 0) is 18.1 Å². The molecule has 0 aromatic heterocycles. The third-order valence-corrected chi connectivity index (χ3v) is 2.84. The van der Waals surface area contributed by atoms with E-state index >= 15 is 0 Å². The second-order valence-corrected chi connectivity index (χ2v) is 4.88. The predicted molar refractivity (Wildman–Crippen MR) is 77.8 cm³/mol. The van der Waals surface area contributed by atoms with Crippen molar-refractivity contribution in [3.63, 3.8) is 0 Å². The Morgan fingerprint density at radius 2 is 1.81 bits per heavy atom. The molecule has 1 aromatic rings. The van der Waals surface area contributed by atoms with Crippen LogP contribution in [0.5, 0.6) is 0 Å². The van der Waals surface area contributed by atoms with Gasteiger partial charge in [-0.2, -0.15) is 0 Å². The van der Waals surface area contributed by atoms with E-state index in [2.05, 4.69) is 10.6 Å². The van der Waals surface area contributed by atoms with Crippen molar-refractivity contribution in [2.45, 2.75) is 19.8 Å². The first-order valence-electron chi connectivity index (χ1n) is 6.80. The van der Waals surface area contributed by atoms with Crippen molar-refractivity contribution in [2.75, 3.05) is 13.1 Å². The number of amides is 2. The molecule has 21 heavy (non-hydrogen) atoms. The molecule has 1 rings (SSSR count). The van der Waals surface area contributed by atoms with Crippen LogP contribution in [0.15, 0.2) is 30.3 Å².